The number of hydrogen-bond acceptors (Lipinski definition) is 5. The van der Waals surface area contributed by atoms with Gasteiger partial charge in [0.05, 0.1) is 0 Å². The summed E-state index contributed by atoms with van der Waals surface area (Å²) in [7, 11) is 2.04. The minimum absolute atomic E-state index is 0.450. The van der Waals surface area contributed by atoms with Gasteiger partial charge in [0, 0.05) is 25.0 Å². The van der Waals surface area contributed by atoms with Crippen molar-refractivity contribution < 1.29 is 4.52 Å². The monoisotopic (exact) mass is 252 g/mol. The standard InChI is InChI=1S/C13H24N4O/c1-4-17(5-2)13-15-12(18-16-13)10-6-8-11(14-3)9-7-10/h10-11,14H,4-9H2,1-3H3. The number of rotatable bonds is 5. The number of aromatic nitrogens is 2. The molecule has 1 aliphatic carbocycles. The summed E-state index contributed by atoms with van der Waals surface area (Å²) >= 11 is 0. The van der Waals surface area contributed by atoms with E-state index >= 15 is 0 Å². The first-order valence-corrected chi connectivity index (χ1v) is 7.04. The van der Waals surface area contributed by atoms with Gasteiger partial charge in [-0.15, -0.1) is 0 Å². The zero-order valence-corrected chi connectivity index (χ0v) is 11.6. The lowest BCUT2D eigenvalue weighted by molar-refractivity contribution is 0.288. The number of nitrogens with zero attached hydrogens (tertiary/aromatic N) is 3. The maximum Gasteiger partial charge on any atom is 0.266 e. The van der Waals surface area contributed by atoms with Gasteiger partial charge < -0.3 is 14.7 Å². The van der Waals surface area contributed by atoms with Crippen molar-refractivity contribution in [2.75, 3.05) is 25.0 Å². The van der Waals surface area contributed by atoms with E-state index in [-0.39, 0.29) is 0 Å². The molecule has 0 amide bonds. The molecule has 5 heteroatoms. The lowest BCUT2D eigenvalue weighted by Crippen LogP contribution is -2.29. The molecule has 1 N–H and O–H groups in total. The summed E-state index contributed by atoms with van der Waals surface area (Å²) in [6.07, 6.45) is 4.69. The van der Waals surface area contributed by atoms with Crippen LogP contribution in [0.2, 0.25) is 0 Å². The zero-order valence-electron chi connectivity index (χ0n) is 11.6. The van der Waals surface area contributed by atoms with Crippen molar-refractivity contribution in [1.29, 1.82) is 0 Å². The maximum atomic E-state index is 5.43. The van der Waals surface area contributed by atoms with Crippen molar-refractivity contribution in [3.63, 3.8) is 0 Å². The van der Waals surface area contributed by atoms with Gasteiger partial charge in [0.2, 0.25) is 5.89 Å². The predicted octanol–water partition coefficient (Wildman–Crippen LogP) is 2.16. The highest BCUT2D eigenvalue weighted by atomic mass is 16.5. The Kier molecular flexibility index (Phi) is 4.58. The summed E-state index contributed by atoms with van der Waals surface area (Å²) in [5.41, 5.74) is 0. The molecule has 0 aliphatic heterocycles. The molecule has 1 heterocycles. The van der Waals surface area contributed by atoms with E-state index in [2.05, 4.69) is 34.2 Å². The molecular weight excluding hydrogens is 228 g/mol. The fourth-order valence-electron chi connectivity index (χ4n) is 2.66. The molecule has 18 heavy (non-hydrogen) atoms. The van der Waals surface area contributed by atoms with E-state index in [1.165, 1.54) is 12.8 Å². The third kappa shape index (κ3) is 2.83. The third-order valence-electron chi connectivity index (χ3n) is 3.96. The number of nitrogens with one attached hydrogen (secondary N) is 1. The Morgan fingerprint density at radius 3 is 2.44 bits per heavy atom. The Morgan fingerprint density at radius 2 is 1.89 bits per heavy atom. The van der Waals surface area contributed by atoms with Crippen LogP contribution in [0.15, 0.2) is 4.52 Å². The van der Waals surface area contributed by atoms with Gasteiger partial charge in [0.15, 0.2) is 0 Å². The van der Waals surface area contributed by atoms with E-state index in [9.17, 15) is 0 Å². The summed E-state index contributed by atoms with van der Waals surface area (Å²) in [4.78, 5) is 6.67. The number of anilines is 1. The minimum Gasteiger partial charge on any atom is -0.339 e. The second kappa shape index (κ2) is 6.18. The van der Waals surface area contributed by atoms with Crippen LogP contribution >= 0.6 is 0 Å². The molecule has 0 bridgehead atoms. The molecule has 0 saturated heterocycles. The van der Waals surface area contributed by atoms with Gasteiger partial charge in [0.1, 0.15) is 0 Å². The average Bonchev–Trinajstić information content (AvgIpc) is 2.90. The van der Waals surface area contributed by atoms with Crippen molar-refractivity contribution >= 4 is 5.95 Å². The Bertz CT molecular complexity index is 354. The fraction of sp³-hybridized carbons (Fsp3) is 0.846. The van der Waals surface area contributed by atoms with Crippen molar-refractivity contribution in [3.05, 3.63) is 5.89 Å². The maximum absolute atomic E-state index is 5.43. The summed E-state index contributed by atoms with van der Waals surface area (Å²) in [6, 6.07) is 0.659. The van der Waals surface area contributed by atoms with Crippen LogP contribution < -0.4 is 10.2 Å². The van der Waals surface area contributed by atoms with E-state index in [1.54, 1.807) is 0 Å². The molecule has 1 saturated carbocycles. The van der Waals surface area contributed by atoms with E-state index in [0.29, 0.717) is 12.0 Å². The normalized spacial score (nSPS) is 24.2. The second-order valence-corrected chi connectivity index (χ2v) is 4.94. The van der Waals surface area contributed by atoms with Crippen LogP contribution in [0, 0.1) is 0 Å². The van der Waals surface area contributed by atoms with Crippen LogP contribution in [-0.4, -0.2) is 36.3 Å². The molecule has 0 unspecified atom stereocenters. The predicted molar refractivity (Wildman–Crippen MR) is 71.9 cm³/mol. The quantitative estimate of drug-likeness (QED) is 0.870. The van der Waals surface area contributed by atoms with Gasteiger partial charge in [-0.3, -0.25) is 0 Å². The Balaban J connectivity index is 1.98. The molecule has 1 aliphatic rings. The highest BCUT2D eigenvalue weighted by Gasteiger charge is 2.26. The molecule has 1 aromatic heterocycles. The first kappa shape index (κ1) is 13.3. The van der Waals surface area contributed by atoms with Crippen LogP contribution in [0.5, 0.6) is 0 Å². The largest absolute Gasteiger partial charge is 0.339 e. The Morgan fingerprint density at radius 1 is 1.22 bits per heavy atom. The van der Waals surface area contributed by atoms with Crippen molar-refractivity contribution in [3.8, 4) is 0 Å². The van der Waals surface area contributed by atoms with E-state index in [4.69, 9.17) is 4.52 Å². The molecular formula is C13H24N4O. The molecule has 1 aromatic rings. The van der Waals surface area contributed by atoms with Crippen LogP contribution in [0.4, 0.5) is 5.95 Å². The van der Waals surface area contributed by atoms with Crippen molar-refractivity contribution in [2.45, 2.75) is 51.5 Å². The summed E-state index contributed by atoms with van der Waals surface area (Å²) in [5, 5.41) is 7.44. The fourth-order valence-corrected chi connectivity index (χ4v) is 2.66. The molecule has 102 valence electrons. The van der Waals surface area contributed by atoms with Crippen molar-refractivity contribution in [2.24, 2.45) is 0 Å². The van der Waals surface area contributed by atoms with Crippen LogP contribution in [0.1, 0.15) is 51.3 Å². The molecule has 1 fully saturated rings. The van der Waals surface area contributed by atoms with Gasteiger partial charge in [0.25, 0.3) is 5.95 Å². The molecule has 0 aromatic carbocycles. The van der Waals surface area contributed by atoms with Gasteiger partial charge >= 0.3 is 0 Å². The molecule has 2 rings (SSSR count). The highest BCUT2D eigenvalue weighted by Crippen LogP contribution is 2.32. The van der Waals surface area contributed by atoms with Crippen LogP contribution in [0.25, 0.3) is 0 Å². The van der Waals surface area contributed by atoms with E-state index in [1.807, 2.05) is 7.05 Å². The lowest BCUT2D eigenvalue weighted by Gasteiger charge is -2.25. The number of hydrogen-bond donors (Lipinski definition) is 1. The highest BCUT2D eigenvalue weighted by molar-refractivity contribution is 5.27. The van der Waals surface area contributed by atoms with Gasteiger partial charge in [-0.2, -0.15) is 4.98 Å². The van der Waals surface area contributed by atoms with Gasteiger partial charge in [-0.1, -0.05) is 0 Å². The third-order valence-corrected chi connectivity index (χ3v) is 3.96. The zero-order chi connectivity index (χ0) is 13.0. The Hall–Kier alpha value is -1.10. The molecule has 0 atom stereocenters. The van der Waals surface area contributed by atoms with E-state index < -0.39 is 0 Å². The van der Waals surface area contributed by atoms with E-state index in [0.717, 1.165) is 37.8 Å². The summed E-state index contributed by atoms with van der Waals surface area (Å²) < 4.78 is 5.43. The molecule has 0 radical (unpaired) electrons. The van der Waals surface area contributed by atoms with Gasteiger partial charge in [-0.05, 0) is 51.7 Å². The first-order chi connectivity index (χ1) is 8.78. The second-order valence-electron chi connectivity index (χ2n) is 4.94. The topological polar surface area (TPSA) is 54.2 Å². The summed E-state index contributed by atoms with van der Waals surface area (Å²) in [5.74, 6) is 2.02. The lowest BCUT2D eigenvalue weighted by atomic mass is 9.86. The van der Waals surface area contributed by atoms with Crippen LogP contribution in [-0.2, 0) is 0 Å². The smallest absolute Gasteiger partial charge is 0.266 e. The minimum atomic E-state index is 0.450. The molecule has 5 nitrogen and oxygen atoms in total. The Labute approximate surface area is 109 Å². The average molecular weight is 252 g/mol. The molecule has 0 spiro atoms. The van der Waals surface area contributed by atoms with Crippen molar-refractivity contribution in [1.82, 2.24) is 15.5 Å². The SMILES string of the molecule is CCN(CC)c1noc(C2CCC(NC)CC2)n1. The first-order valence-electron chi connectivity index (χ1n) is 7.04. The van der Waals surface area contributed by atoms with Crippen LogP contribution in [0.3, 0.4) is 0 Å². The van der Waals surface area contributed by atoms with Gasteiger partial charge in [-0.25, -0.2) is 0 Å². The summed E-state index contributed by atoms with van der Waals surface area (Å²) in [6.45, 7) is 6.05.